The van der Waals surface area contributed by atoms with Crippen molar-refractivity contribution < 1.29 is 19.4 Å². The fraction of sp³-hybridized carbons (Fsp3) is 0.172. The van der Waals surface area contributed by atoms with Crippen molar-refractivity contribution >= 4 is 49.8 Å². The summed E-state index contributed by atoms with van der Waals surface area (Å²) in [6.07, 6.45) is 1.76. The molecule has 4 heterocycles. The molecular weight excluding hydrogens is 500 g/mol. The Hall–Kier alpha value is -4.50. The molecule has 0 saturated carbocycles. The van der Waals surface area contributed by atoms with Gasteiger partial charge in [0.1, 0.15) is 17.1 Å². The minimum absolute atomic E-state index is 0.0205. The Bertz CT molecular complexity index is 1780. The molecule has 1 fully saturated rings. The lowest BCUT2D eigenvalue weighted by Gasteiger charge is -2.23. The molecule has 6 rings (SSSR count). The van der Waals surface area contributed by atoms with Gasteiger partial charge in [0.2, 0.25) is 0 Å². The quantitative estimate of drug-likeness (QED) is 0.183. The largest absolute Gasteiger partial charge is 0.505 e. The molecule has 38 heavy (non-hydrogen) atoms. The zero-order chi connectivity index (χ0) is 26.6. The molecule has 1 atom stereocenters. The molecule has 1 N–H and O–H groups in total. The van der Waals surface area contributed by atoms with Gasteiger partial charge in [-0.1, -0.05) is 35.6 Å². The van der Waals surface area contributed by atoms with Crippen molar-refractivity contribution in [2.24, 2.45) is 0 Å². The molecule has 190 valence electrons. The van der Waals surface area contributed by atoms with Gasteiger partial charge in [-0.05, 0) is 68.3 Å². The molecule has 1 aliphatic heterocycles. The zero-order valence-electron chi connectivity index (χ0n) is 21.0. The van der Waals surface area contributed by atoms with Gasteiger partial charge in [-0.3, -0.25) is 18.9 Å². The predicted molar refractivity (Wildman–Crippen MR) is 147 cm³/mol. The molecular formula is C29H24N4O4S. The van der Waals surface area contributed by atoms with Crippen LogP contribution in [0, 0.1) is 13.8 Å². The number of aliphatic hydroxyl groups is 1. The van der Waals surface area contributed by atoms with E-state index in [-0.39, 0.29) is 11.3 Å². The molecule has 0 aliphatic carbocycles. The highest BCUT2D eigenvalue weighted by molar-refractivity contribution is 7.22. The van der Waals surface area contributed by atoms with Crippen LogP contribution in [0.3, 0.4) is 0 Å². The molecule has 8 nitrogen and oxygen atoms in total. The van der Waals surface area contributed by atoms with E-state index in [2.05, 4.69) is 4.98 Å². The smallest absolute Gasteiger partial charge is 0.301 e. The number of anilines is 1. The SMILES string of the molecule is CCOc1cccc(C2C(=C(O)c3c(C)nc4ccccn34)C(=O)C(=O)N2c2nc3ccc(C)cc3s2)c1. The van der Waals surface area contributed by atoms with Gasteiger partial charge in [0.25, 0.3) is 5.78 Å². The Morgan fingerprint density at radius 3 is 2.71 bits per heavy atom. The Morgan fingerprint density at radius 2 is 1.89 bits per heavy atom. The number of thiazole rings is 1. The van der Waals surface area contributed by atoms with Crippen LogP contribution in [0.25, 0.3) is 21.6 Å². The van der Waals surface area contributed by atoms with E-state index < -0.39 is 17.7 Å². The molecule has 5 aromatic rings. The fourth-order valence-electron chi connectivity index (χ4n) is 4.94. The van der Waals surface area contributed by atoms with Crippen molar-refractivity contribution in [1.82, 2.24) is 14.4 Å². The number of pyridine rings is 1. The lowest BCUT2D eigenvalue weighted by Crippen LogP contribution is -2.29. The Labute approximate surface area is 222 Å². The second kappa shape index (κ2) is 9.11. The number of hydrogen-bond acceptors (Lipinski definition) is 7. The summed E-state index contributed by atoms with van der Waals surface area (Å²) in [4.78, 5) is 37.9. The molecule has 2 aromatic carbocycles. The summed E-state index contributed by atoms with van der Waals surface area (Å²) in [7, 11) is 0. The molecule has 1 amide bonds. The van der Waals surface area contributed by atoms with Gasteiger partial charge in [0, 0.05) is 6.20 Å². The van der Waals surface area contributed by atoms with Crippen molar-refractivity contribution in [1.29, 1.82) is 0 Å². The lowest BCUT2D eigenvalue weighted by atomic mass is 9.96. The predicted octanol–water partition coefficient (Wildman–Crippen LogP) is 5.59. The van der Waals surface area contributed by atoms with Crippen molar-refractivity contribution in [3.63, 3.8) is 0 Å². The molecule has 1 aliphatic rings. The number of Topliss-reactive ketones (excluding diaryl/α,β-unsaturated/α-hetero) is 1. The van der Waals surface area contributed by atoms with Crippen LogP contribution in [0.1, 0.15) is 35.5 Å². The first kappa shape index (κ1) is 23.9. The number of ketones is 1. The van der Waals surface area contributed by atoms with E-state index in [0.29, 0.717) is 40.1 Å². The number of imidazole rings is 1. The molecule has 9 heteroatoms. The van der Waals surface area contributed by atoms with E-state index in [1.54, 1.807) is 23.6 Å². The summed E-state index contributed by atoms with van der Waals surface area (Å²) in [5.74, 6) is -1.22. The van der Waals surface area contributed by atoms with E-state index >= 15 is 0 Å². The van der Waals surface area contributed by atoms with Gasteiger partial charge in [0.15, 0.2) is 10.9 Å². The maximum atomic E-state index is 13.6. The summed E-state index contributed by atoms with van der Waals surface area (Å²) in [6.45, 7) is 6.10. The number of hydrogen-bond donors (Lipinski definition) is 1. The number of amides is 1. The van der Waals surface area contributed by atoms with Crippen LogP contribution in [0.15, 0.2) is 72.4 Å². The first-order chi connectivity index (χ1) is 18.4. The highest BCUT2D eigenvalue weighted by atomic mass is 32.1. The molecule has 0 radical (unpaired) electrons. The van der Waals surface area contributed by atoms with Crippen LogP contribution >= 0.6 is 11.3 Å². The second-order valence-corrected chi connectivity index (χ2v) is 10.1. The molecule has 1 saturated heterocycles. The molecule has 0 bridgehead atoms. The number of aromatic nitrogens is 3. The summed E-state index contributed by atoms with van der Waals surface area (Å²) < 4.78 is 8.33. The van der Waals surface area contributed by atoms with Gasteiger partial charge < -0.3 is 9.84 Å². The standard InChI is InChI=1S/C29H24N4O4S/c1-4-37-19-9-7-8-18(15-19)25-23(26(34)24-17(3)30-22-10-5-6-13-32(22)24)27(35)28(36)33(25)29-31-20-12-11-16(2)14-21(20)38-29/h5-15,25,34H,4H2,1-3H3. The summed E-state index contributed by atoms with van der Waals surface area (Å²) in [6, 6.07) is 17.6. The number of carbonyl (C=O) groups is 2. The van der Waals surface area contributed by atoms with Gasteiger partial charge in [-0.2, -0.15) is 0 Å². The topological polar surface area (TPSA) is 97.0 Å². The second-order valence-electron chi connectivity index (χ2n) is 9.12. The van der Waals surface area contributed by atoms with Crippen LogP contribution in [0.4, 0.5) is 5.13 Å². The van der Waals surface area contributed by atoms with Crippen LogP contribution in [-0.2, 0) is 9.59 Å². The van der Waals surface area contributed by atoms with Crippen LogP contribution < -0.4 is 9.64 Å². The number of aliphatic hydroxyl groups excluding tert-OH is 1. The zero-order valence-corrected chi connectivity index (χ0v) is 21.8. The van der Waals surface area contributed by atoms with Crippen LogP contribution in [0.2, 0.25) is 0 Å². The minimum atomic E-state index is -0.911. The molecule has 1 unspecified atom stereocenters. The minimum Gasteiger partial charge on any atom is -0.505 e. The number of aryl methyl sites for hydroxylation is 2. The average molecular weight is 525 g/mol. The molecule has 3 aromatic heterocycles. The number of benzene rings is 2. The third-order valence-corrected chi connectivity index (χ3v) is 7.61. The van der Waals surface area contributed by atoms with Gasteiger partial charge in [-0.25, -0.2) is 9.97 Å². The number of nitrogens with zero attached hydrogens (tertiary/aromatic N) is 4. The highest BCUT2D eigenvalue weighted by Gasteiger charge is 2.48. The first-order valence-electron chi connectivity index (χ1n) is 12.2. The Morgan fingerprint density at radius 1 is 1.05 bits per heavy atom. The van der Waals surface area contributed by atoms with E-state index in [9.17, 15) is 14.7 Å². The van der Waals surface area contributed by atoms with Crippen molar-refractivity contribution in [2.45, 2.75) is 26.8 Å². The summed E-state index contributed by atoms with van der Waals surface area (Å²) in [5, 5.41) is 12.1. The van der Waals surface area contributed by atoms with Crippen LogP contribution in [0.5, 0.6) is 5.75 Å². The van der Waals surface area contributed by atoms with Crippen molar-refractivity contribution in [3.05, 3.63) is 94.9 Å². The number of fused-ring (bicyclic) bond motifs is 2. The normalized spacial score (nSPS) is 17.1. The fourth-order valence-corrected chi connectivity index (χ4v) is 6.03. The first-order valence-corrected chi connectivity index (χ1v) is 13.0. The number of rotatable bonds is 5. The van der Waals surface area contributed by atoms with Gasteiger partial charge in [-0.15, -0.1) is 0 Å². The van der Waals surface area contributed by atoms with E-state index in [0.717, 1.165) is 15.8 Å². The van der Waals surface area contributed by atoms with Gasteiger partial charge >= 0.3 is 5.91 Å². The molecule has 0 spiro atoms. The maximum Gasteiger partial charge on any atom is 0.301 e. The maximum absolute atomic E-state index is 13.6. The Balaban J connectivity index is 1.61. The van der Waals surface area contributed by atoms with Gasteiger partial charge in [0.05, 0.1) is 34.1 Å². The highest BCUT2D eigenvalue weighted by Crippen LogP contribution is 2.45. The van der Waals surface area contributed by atoms with Crippen molar-refractivity contribution in [2.75, 3.05) is 11.5 Å². The van der Waals surface area contributed by atoms with Crippen molar-refractivity contribution in [3.8, 4) is 5.75 Å². The van der Waals surface area contributed by atoms with E-state index in [1.807, 2.05) is 68.4 Å². The average Bonchev–Trinajstić information content (AvgIpc) is 3.54. The third-order valence-electron chi connectivity index (χ3n) is 6.60. The van der Waals surface area contributed by atoms with E-state index in [4.69, 9.17) is 9.72 Å². The monoisotopic (exact) mass is 524 g/mol. The number of carbonyl (C=O) groups excluding carboxylic acids is 2. The summed E-state index contributed by atoms with van der Waals surface area (Å²) in [5.41, 5.74) is 3.93. The lowest BCUT2D eigenvalue weighted by molar-refractivity contribution is -0.132. The Kier molecular flexibility index (Phi) is 5.72. The van der Waals surface area contributed by atoms with Crippen LogP contribution in [-0.4, -0.2) is 37.8 Å². The summed E-state index contributed by atoms with van der Waals surface area (Å²) >= 11 is 1.33. The number of ether oxygens (including phenoxy) is 1. The van der Waals surface area contributed by atoms with E-state index in [1.165, 1.54) is 16.2 Å². The third kappa shape index (κ3) is 3.74.